The Bertz CT molecular complexity index is 525. The summed E-state index contributed by atoms with van der Waals surface area (Å²) >= 11 is 6.54. The van der Waals surface area contributed by atoms with Crippen molar-refractivity contribution in [2.75, 3.05) is 18.0 Å². The molecule has 18 heavy (non-hydrogen) atoms. The SMILES string of the molecule is NCC(Sc1nc(N)cc(N)n1)c1cc(Br)cs1. The van der Waals surface area contributed by atoms with Crippen LogP contribution in [0.1, 0.15) is 10.1 Å². The summed E-state index contributed by atoms with van der Waals surface area (Å²) in [5.74, 6) is 0.737. The fourth-order valence-electron chi connectivity index (χ4n) is 1.36. The van der Waals surface area contributed by atoms with Gasteiger partial charge in [-0.3, -0.25) is 0 Å². The number of rotatable bonds is 4. The summed E-state index contributed by atoms with van der Waals surface area (Å²) in [6.45, 7) is 0.496. The van der Waals surface area contributed by atoms with Crippen LogP contribution in [-0.4, -0.2) is 16.5 Å². The van der Waals surface area contributed by atoms with Crippen molar-refractivity contribution in [2.45, 2.75) is 10.4 Å². The zero-order valence-corrected chi connectivity index (χ0v) is 12.6. The standard InChI is InChI=1S/C10H12BrN5S2/c11-5-1-6(17-4-5)7(3-12)18-10-15-8(13)2-9(14)16-10/h1-2,4,7H,3,12H2,(H4,13,14,15,16). The van der Waals surface area contributed by atoms with Gasteiger partial charge in [0.05, 0.1) is 5.25 Å². The third-order valence-electron chi connectivity index (χ3n) is 2.11. The smallest absolute Gasteiger partial charge is 0.192 e. The van der Waals surface area contributed by atoms with Gasteiger partial charge >= 0.3 is 0 Å². The molecule has 2 rings (SSSR count). The normalized spacial score (nSPS) is 12.6. The Morgan fingerprint density at radius 2 is 1.94 bits per heavy atom. The maximum atomic E-state index is 5.79. The van der Waals surface area contributed by atoms with Crippen LogP contribution in [0.2, 0.25) is 0 Å². The molecular weight excluding hydrogens is 334 g/mol. The van der Waals surface area contributed by atoms with E-state index in [4.69, 9.17) is 17.2 Å². The molecule has 0 saturated carbocycles. The summed E-state index contributed by atoms with van der Waals surface area (Å²) in [5, 5.41) is 2.67. The van der Waals surface area contributed by atoms with Crippen molar-refractivity contribution >= 4 is 50.7 Å². The minimum Gasteiger partial charge on any atom is -0.383 e. The van der Waals surface area contributed by atoms with E-state index in [9.17, 15) is 0 Å². The van der Waals surface area contributed by atoms with Crippen LogP contribution in [-0.2, 0) is 0 Å². The van der Waals surface area contributed by atoms with Gasteiger partial charge in [-0.2, -0.15) is 0 Å². The Morgan fingerprint density at radius 1 is 1.28 bits per heavy atom. The molecule has 0 bridgehead atoms. The van der Waals surface area contributed by atoms with Crippen LogP contribution in [0.15, 0.2) is 27.1 Å². The fourth-order valence-corrected chi connectivity index (χ4v) is 3.96. The monoisotopic (exact) mass is 345 g/mol. The second-order valence-electron chi connectivity index (χ2n) is 3.51. The highest BCUT2D eigenvalue weighted by Gasteiger charge is 2.16. The number of nitrogens with zero attached hydrogens (tertiary/aromatic N) is 2. The van der Waals surface area contributed by atoms with Gasteiger partial charge < -0.3 is 17.2 Å². The van der Waals surface area contributed by atoms with Crippen LogP contribution >= 0.6 is 39.0 Å². The number of nitrogen functional groups attached to an aromatic ring is 2. The molecule has 2 aromatic heterocycles. The zero-order chi connectivity index (χ0) is 13.1. The van der Waals surface area contributed by atoms with Crippen molar-refractivity contribution in [1.29, 1.82) is 0 Å². The molecule has 0 radical (unpaired) electrons. The number of hydrogen-bond acceptors (Lipinski definition) is 7. The number of thioether (sulfide) groups is 1. The molecule has 0 aliphatic rings. The van der Waals surface area contributed by atoms with Gasteiger partial charge in [-0.15, -0.1) is 11.3 Å². The van der Waals surface area contributed by atoms with E-state index in [1.807, 2.05) is 11.4 Å². The van der Waals surface area contributed by atoms with Crippen molar-refractivity contribution < 1.29 is 0 Å². The molecule has 6 N–H and O–H groups in total. The lowest BCUT2D eigenvalue weighted by Gasteiger charge is -2.11. The van der Waals surface area contributed by atoms with E-state index in [0.29, 0.717) is 23.3 Å². The highest BCUT2D eigenvalue weighted by atomic mass is 79.9. The number of anilines is 2. The number of thiophene rings is 1. The van der Waals surface area contributed by atoms with E-state index in [0.717, 1.165) is 4.47 Å². The lowest BCUT2D eigenvalue weighted by Crippen LogP contribution is -2.09. The van der Waals surface area contributed by atoms with Gasteiger partial charge in [0.2, 0.25) is 0 Å². The summed E-state index contributed by atoms with van der Waals surface area (Å²) in [7, 11) is 0. The summed E-state index contributed by atoms with van der Waals surface area (Å²) in [6.07, 6.45) is 0. The Morgan fingerprint density at radius 3 is 2.44 bits per heavy atom. The molecule has 5 nitrogen and oxygen atoms in total. The predicted molar refractivity (Wildman–Crippen MR) is 80.5 cm³/mol. The number of hydrogen-bond donors (Lipinski definition) is 3. The average Bonchev–Trinajstić information content (AvgIpc) is 2.71. The Balaban J connectivity index is 2.20. The Hall–Kier alpha value is -0.830. The maximum absolute atomic E-state index is 5.79. The molecule has 96 valence electrons. The molecule has 0 fully saturated rings. The molecular formula is C10H12BrN5S2. The van der Waals surface area contributed by atoms with Crippen molar-refractivity contribution in [3.8, 4) is 0 Å². The molecule has 0 amide bonds. The molecule has 2 heterocycles. The summed E-state index contributed by atoms with van der Waals surface area (Å²) in [4.78, 5) is 9.45. The summed E-state index contributed by atoms with van der Waals surface area (Å²) in [5.41, 5.74) is 17.1. The largest absolute Gasteiger partial charge is 0.383 e. The van der Waals surface area contributed by atoms with Gasteiger partial charge in [-0.1, -0.05) is 11.8 Å². The van der Waals surface area contributed by atoms with Crippen LogP contribution in [0, 0.1) is 0 Å². The quantitative estimate of drug-likeness (QED) is 0.579. The van der Waals surface area contributed by atoms with E-state index in [-0.39, 0.29) is 5.25 Å². The summed E-state index contributed by atoms with van der Waals surface area (Å²) < 4.78 is 1.05. The summed E-state index contributed by atoms with van der Waals surface area (Å²) in [6, 6.07) is 3.58. The van der Waals surface area contributed by atoms with Crippen LogP contribution in [0.3, 0.4) is 0 Å². The molecule has 2 aromatic rings. The van der Waals surface area contributed by atoms with Gasteiger partial charge in [0, 0.05) is 27.3 Å². The predicted octanol–water partition coefficient (Wildman–Crippen LogP) is 2.26. The average molecular weight is 346 g/mol. The van der Waals surface area contributed by atoms with Gasteiger partial charge in [0.15, 0.2) is 5.16 Å². The second-order valence-corrected chi connectivity index (χ2v) is 6.54. The number of nitrogens with two attached hydrogens (primary N) is 3. The topological polar surface area (TPSA) is 104 Å². The van der Waals surface area contributed by atoms with E-state index < -0.39 is 0 Å². The fraction of sp³-hybridized carbons (Fsp3) is 0.200. The molecule has 1 atom stereocenters. The third-order valence-corrected chi connectivity index (χ3v) is 5.19. The van der Waals surface area contributed by atoms with Crippen molar-refractivity contribution in [1.82, 2.24) is 9.97 Å². The second kappa shape index (κ2) is 5.87. The van der Waals surface area contributed by atoms with Gasteiger partial charge in [-0.05, 0) is 22.0 Å². The molecule has 0 saturated heterocycles. The van der Waals surface area contributed by atoms with Crippen LogP contribution in [0.25, 0.3) is 0 Å². The van der Waals surface area contributed by atoms with Crippen LogP contribution in [0.5, 0.6) is 0 Å². The highest BCUT2D eigenvalue weighted by molar-refractivity contribution is 9.10. The maximum Gasteiger partial charge on any atom is 0.192 e. The first-order valence-electron chi connectivity index (χ1n) is 5.09. The highest BCUT2D eigenvalue weighted by Crippen LogP contribution is 2.37. The first-order chi connectivity index (χ1) is 8.58. The van der Waals surface area contributed by atoms with Crippen LogP contribution in [0.4, 0.5) is 11.6 Å². The first-order valence-corrected chi connectivity index (χ1v) is 7.64. The van der Waals surface area contributed by atoms with Gasteiger partial charge in [0.1, 0.15) is 11.6 Å². The van der Waals surface area contributed by atoms with Crippen LogP contribution < -0.4 is 17.2 Å². The lowest BCUT2D eigenvalue weighted by molar-refractivity contribution is 0.927. The van der Waals surface area contributed by atoms with E-state index in [2.05, 4.69) is 25.9 Å². The third kappa shape index (κ3) is 3.35. The molecule has 1 unspecified atom stereocenters. The van der Waals surface area contributed by atoms with Crippen molar-refractivity contribution in [3.05, 3.63) is 26.9 Å². The minimum atomic E-state index is 0.0995. The first kappa shape index (κ1) is 13.6. The molecule has 0 aliphatic carbocycles. The minimum absolute atomic E-state index is 0.0995. The lowest BCUT2D eigenvalue weighted by atomic mass is 10.3. The Kier molecular flexibility index (Phi) is 4.44. The molecule has 0 aromatic carbocycles. The number of halogens is 1. The van der Waals surface area contributed by atoms with Gasteiger partial charge in [-0.25, -0.2) is 9.97 Å². The van der Waals surface area contributed by atoms with Crippen molar-refractivity contribution in [3.63, 3.8) is 0 Å². The Labute approximate surface area is 121 Å². The van der Waals surface area contributed by atoms with Gasteiger partial charge in [0.25, 0.3) is 0 Å². The zero-order valence-electron chi connectivity index (χ0n) is 9.34. The molecule has 8 heteroatoms. The van der Waals surface area contributed by atoms with E-state index >= 15 is 0 Å². The van der Waals surface area contributed by atoms with Crippen molar-refractivity contribution in [2.24, 2.45) is 5.73 Å². The number of aromatic nitrogens is 2. The molecule has 0 aliphatic heterocycles. The molecule has 0 spiro atoms. The van der Waals surface area contributed by atoms with E-state index in [1.54, 1.807) is 11.3 Å². The van der Waals surface area contributed by atoms with E-state index in [1.165, 1.54) is 22.7 Å².